The lowest BCUT2D eigenvalue weighted by atomic mass is 10.0. The molecule has 1 aliphatic carbocycles. The molecule has 2 aromatic carbocycles. The Morgan fingerprint density at radius 3 is 2.10 bits per heavy atom. The molecule has 1 N–H and O–H groups in total. The third-order valence-corrected chi connectivity index (χ3v) is 3.26. The Balaban J connectivity index is 2.10. The first-order valence-electron chi connectivity index (χ1n) is 5.92. The predicted octanol–water partition coefficient (Wildman–Crippen LogP) is 3.22. The van der Waals surface area contributed by atoms with Gasteiger partial charge in [0.05, 0.1) is 10.5 Å². The number of carbonyl (C=O) groups excluding carboxylic acids is 1. The third-order valence-electron chi connectivity index (χ3n) is 3.26. The minimum absolute atomic E-state index is 0.0585. The molecule has 5 nitrogen and oxygen atoms in total. The van der Waals surface area contributed by atoms with Crippen molar-refractivity contribution in [3.05, 3.63) is 75.3 Å². The number of nitrogens with zero attached hydrogens (tertiary/aromatic N) is 1. The third kappa shape index (κ3) is 1.68. The summed E-state index contributed by atoms with van der Waals surface area (Å²) in [5.41, 5.74) is 1.52. The van der Waals surface area contributed by atoms with Crippen LogP contribution >= 0.6 is 0 Å². The molecule has 3 rings (SSSR count). The molecule has 98 valence electrons. The van der Waals surface area contributed by atoms with Crippen LogP contribution in [0.1, 0.15) is 21.5 Å². The number of hydrogen-bond acceptors (Lipinski definition) is 4. The second-order valence-corrected chi connectivity index (χ2v) is 4.40. The molecule has 5 heteroatoms. The first-order valence-corrected chi connectivity index (χ1v) is 5.92. The van der Waals surface area contributed by atoms with Gasteiger partial charge in [0.1, 0.15) is 5.76 Å². The number of non-ortho nitro benzene ring substituents is 1. The number of Topliss-reactive ketones (excluding diaryl/α,β-unsaturated/α-hetero) is 1. The van der Waals surface area contributed by atoms with Crippen LogP contribution in [-0.4, -0.2) is 15.8 Å². The van der Waals surface area contributed by atoms with Gasteiger partial charge in [0.25, 0.3) is 5.69 Å². The van der Waals surface area contributed by atoms with E-state index >= 15 is 0 Å². The number of allylic oxidation sites excluding steroid dienone is 1. The number of rotatable bonds is 2. The van der Waals surface area contributed by atoms with Crippen LogP contribution in [0.25, 0.3) is 11.3 Å². The van der Waals surface area contributed by atoms with E-state index in [1.54, 1.807) is 24.3 Å². The quantitative estimate of drug-likeness (QED) is 0.669. The number of hydrogen-bond donors (Lipinski definition) is 1. The maximum atomic E-state index is 12.3. The Labute approximate surface area is 113 Å². The first-order chi connectivity index (χ1) is 9.59. The van der Waals surface area contributed by atoms with Gasteiger partial charge in [-0.1, -0.05) is 24.3 Å². The smallest absolute Gasteiger partial charge is 0.269 e. The largest absolute Gasteiger partial charge is 0.507 e. The molecule has 0 spiro atoms. The van der Waals surface area contributed by atoms with Crippen LogP contribution in [0, 0.1) is 10.1 Å². The van der Waals surface area contributed by atoms with Gasteiger partial charge in [0.15, 0.2) is 5.78 Å². The zero-order chi connectivity index (χ0) is 14.3. The van der Waals surface area contributed by atoms with E-state index in [1.165, 1.54) is 24.3 Å². The average molecular weight is 267 g/mol. The molecule has 0 unspecified atom stereocenters. The number of fused-ring (bicyclic) bond motifs is 1. The summed E-state index contributed by atoms with van der Waals surface area (Å²) >= 11 is 0. The summed E-state index contributed by atoms with van der Waals surface area (Å²) in [7, 11) is 0. The van der Waals surface area contributed by atoms with Crippen LogP contribution in [-0.2, 0) is 0 Å². The zero-order valence-corrected chi connectivity index (χ0v) is 10.2. The summed E-state index contributed by atoms with van der Waals surface area (Å²) in [5.74, 6) is -0.355. The van der Waals surface area contributed by atoms with Crippen molar-refractivity contribution in [2.24, 2.45) is 0 Å². The molecule has 0 heterocycles. The molecule has 20 heavy (non-hydrogen) atoms. The highest BCUT2D eigenvalue weighted by Crippen LogP contribution is 2.36. The van der Waals surface area contributed by atoms with Crippen molar-refractivity contribution in [1.82, 2.24) is 0 Å². The van der Waals surface area contributed by atoms with Crippen molar-refractivity contribution in [2.75, 3.05) is 0 Å². The van der Waals surface area contributed by atoms with Gasteiger partial charge in [-0.05, 0) is 17.7 Å². The molecule has 0 amide bonds. The van der Waals surface area contributed by atoms with E-state index in [-0.39, 0.29) is 22.8 Å². The summed E-state index contributed by atoms with van der Waals surface area (Å²) in [6.07, 6.45) is 0. The minimum Gasteiger partial charge on any atom is -0.507 e. The van der Waals surface area contributed by atoms with Gasteiger partial charge in [-0.25, -0.2) is 0 Å². The van der Waals surface area contributed by atoms with E-state index in [2.05, 4.69) is 0 Å². The van der Waals surface area contributed by atoms with E-state index in [9.17, 15) is 20.0 Å². The highest BCUT2D eigenvalue weighted by Gasteiger charge is 2.30. The number of nitro benzene ring substituents is 1. The molecular weight excluding hydrogens is 258 g/mol. The molecule has 0 saturated heterocycles. The first kappa shape index (κ1) is 12.1. The molecule has 0 atom stereocenters. The predicted molar refractivity (Wildman–Crippen MR) is 73.3 cm³/mol. The molecule has 1 aliphatic rings. The topological polar surface area (TPSA) is 80.4 Å². The maximum Gasteiger partial charge on any atom is 0.269 e. The van der Waals surface area contributed by atoms with Crippen molar-refractivity contribution < 1.29 is 14.8 Å². The maximum absolute atomic E-state index is 12.3. The van der Waals surface area contributed by atoms with Crippen molar-refractivity contribution in [3.8, 4) is 0 Å². The summed E-state index contributed by atoms with van der Waals surface area (Å²) in [4.78, 5) is 22.4. The fraction of sp³-hybridized carbons (Fsp3) is 0. The number of carbonyl (C=O) groups is 1. The number of aliphatic hydroxyl groups is 1. The van der Waals surface area contributed by atoms with E-state index in [0.29, 0.717) is 16.7 Å². The van der Waals surface area contributed by atoms with Gasteiger partial charge in [-0.15, -0.1) is 0 Å². The van der Waals surface area contributed by atoms with E-state index in [1.807, 2.05) is 0 Å². The summed E-state index contributed by atoms with van der Waals surface area (Å²) in [5, 5.41) is 20.8. The van der Waals surface area contributed by atoms with Crippen molar-refractivity contribution in [2.45, 2.75) is 0 Å². The molecule has 0 aliphatic heterocycles. The second-order valence-electron chi connectivity index (χ2n) is 4.40. The van der Waals surface area contributed by atoms with Gasteiger partial charge >= 0.3 is 0 Å². The SMILES string of the molecule is O=C1C(c2ccc([N+](=O)[O-])cc2)=C(O)c2ccccc21. The normalized spacial score (nSPS) is 13.5. The molecule has 0 aromatic heterocycles. The molecule has 0 radical (unpaired) electrons. The molecule has 0 bridgehead atoms. The lowest BCUT2D eigenvalue weighted by Gasteiger charge is -2.01. The summed E-state index contributed by atoms with van der Waals surface area (Å²) in [6, 6.07) is 12.3. The van der Waals surface area contributed by atoms with Gasteiger partial charge in [0.2, 0.25) is 0 Å². The summed E-state index contributed by atoms with van der Waals surface area (Å²) < 4.78 is 0. The number of benzene rings is 2. The standard InChI is InChI=1S/C15H9NO4/c17-14-11-3-1-2-4-12(11)15(18)13(14)9-5-7-10(8-6-9)16(19)20/h1-8,17H. The second kappa shape index (κ2) is 4.31. The fourth-order valence-corrected chi connectivity index (χ4v) is 2.28. The molecule has 2 aromatic rings. The van der Waals surface area contributed by atoms with Gasteiger partial charge in [0, 0.05) is 23.3 Å². The number of ketones is 1. The number of aliphatic hydroxyl groups excluding tert-OH is 1. The lowest BCUT2D eigenvalue weighted by molar-refractivity contribution is -0.384. The summed E-state index contributed by atoms with van der Waals surface area (Å²) in [6.45, 7) is 0. The Morgan fingerprint density at radius 2 is 1.55 bits per heavy atom. The van der Waals surface area contributed by atoms with E-state index in [4.69, 9.17) is 0 Å². The fourth-order valence-electron chi connectivity index (χ4n) is 2.28. The number of nitro groups is 1. The molecular formula is C15H9NO4. The van der Waals surface area contributed by atoms with Gasteiger partial charge in [-0.3, -0.25) is 14.9 Å². The van der Waals surface area contributed by atoms with Crippen LogP contribution in [0.4, 0.5) is 5.69 Å². The Morgan fingerprint density at radius 1 is 0.950 bits per heavy atom. The van der Waals surface area contributed by atoms with E-state index in [0.717, 1.165) is 0 Å². The Kier molecular flexibility index (Phi) is 2.61. The Bertz CT molecular complexity index is 760. The van der Waals surface area contributed by atoms with Crippen molar-refractivity contribution >= 4 is 22.8 Å². The van der Waals surface area contributed by atoms with Crippen LogP contribution in [0.3, 0.4) is 0 Å². The van der Waals surface area contributed by atoms with Gasteiger partial charge < -0.3 is 5.11 Å². The lowest BCUT2D eigenvalue weighted by Crippen LogP contribution is -1.98. The van der Waals surface area contributed by atoms with Crippen molar-refractivity contribution in [1.29, 1.82) is 0 Å². The van der Waals surface area contributed by atoms with Crippen LogP contribution in [0.5, 0.6) is 0 Å². The zero-order valence-electron chi connectivity index (χ0n) is 10.2. The van der Waals surface area contributed by atoms with Crippen LogP contribution < -0.4 is 0 Å². The highest BCUT2D eigenvalue weighted by atomic mass is 16.6. The molecule has 0 saturated carbocycles. The average Bonchev–Trinajstić information content (AvgIpc) is 2.72. The van der Waals surface area contributed by atoms with Gasteiger partial charge in [-0.2, -0.15) is 0 Å². The van der Waals surface area contributed by atoms with Crippen LogP contribution in [0.15, 0.2) is 48.5 Å². The highest BCUT2D eigenvalue weighted by molar-refractivity contribution is 6.38. The Hall–Kier alpha value is -2.95. The molecule has 0 fully saturated rings. The van der Waals surface area contributed by atoms with Crippen molar-refractivity contribution in [3.63, 3.8) is 0 Å². The van der Waals surface area contributed by atoms with Crippen LogP contribution in [0.2, 0.25) is 0 Å². The minimum atomic E-state index is -0.511. The monoisotopic (exact) mass is 267 g/mol. The van der Waals surface area contributed by atoms with E-state index < -0.39 is 4.92 Å².